The van der Waals surface area contributed by atoms with E-state index in [-0.39, 0.29) is 29.8 Å². The van der Waals surface area contributed by atoms with Crippen molar-refractivity contribution in [3.8, 4) is 0 Å². The minimum absolute atomic E-state index is 0. The molecule has 1 unspecified atom stereocenters. The summed E-state index contributed by atoms with van der Waals surface area (Å²) in [5, 5.41) is 16.9. The molecule has 2 rings (SSSR count). The van der Waals surface area contributed by atoms with E-state index in [1.165, 1.54) is 12.1 Å². The van der Waals surface area contributed by atoms with Crippen molar-refractivity contribution in [1.29, 1.82) is 0 Å². The van der Waals surface area contributed by atoms with Crippen LogP contribution in [0.15, 0.2) is 59.6 Å². The third kappa shape index (κ3) is 6.99. The van der Waals surface area contributed by atoms with Gasteiger partial charge >= 0.3 is 0 Å². The van der Waals surface area contributed by atoms with Crippen molar-refractivity contribution in [2.24, 2.45) is 4.99 Å². The van der Waals surface area contributed by atoms with E-state index in [1.54, 1.807) is 19.1 Å². The van der Waals surface area contributed by atoms with Gasteiger partial charge in [0.25, 0.3) is 0 Å². The summed E-state index contributed by atoms with van der Waals surface area (Å²) in [6.45, 7) is 5.21. The maximum atomic E-state index is 12.9. The number of aliphatic hydroxyl groups is 1. The van der Waals surface area contributed by atoms with E-state index in [4.69, 9.17) is 0 Å². The molecular weight excluding hydrogens is 432 g/mol. The molecule has 0 aliphatic heterocycles. The van der Waals surface area contributed by atoms with Crippen LogP contribution in [-0.4, -0.2) is 24.2 Å². The molecule has 0 fully saturated rings. The zero-order valence-corrected chi connectivity index (χ0v) is 16.8. The van der Waals surface area contributed by atoms with Crippen molar-refractivity contribution in [2.75, 3.05) is 13.1 Å². The third-order valence-corrected chi connectivity index (χ3v) is 3.67. The van der Waals surface area contributed by atoms with E-state index < -0.39 is 5.60 Å². The van der Waals surface area contributed by atoms with Gasteiger partial charge in [-0.3, -0.25) is 0 Å². The first-order valence-corrected chi connectivity index (χ1v) is 8.06. The lowest BCUT2D eigenvalue weighted by atomic mass is 9.96. The molecule has 0 saturated carbocycles. The Bertz CT molecular complexity index is 660. The average molecular weight is 457 g/mol. The van der Waals surface area contributed by atoms with Crippen molar-refractivity contribution in [3.05, 3.63) is 71.5 Å². The summed E-state index contributed by atoms with van der Waals surface area (Å²) in [6.07, 6.45) is 0. The van der Waals surface area contributed by atoms with Crippen molar-refractivity contribution < 1.29 is 9.50 Å². The topological polar surface area (TPSA) is 56.7 Å². The van der Waals surface area contributed by atoms with Gasteiger partial charge in [-0.25, -0.2) is 9.38 Å². The molecule has 3 N–H and O–H groups in total. The van der Waals surface area contributed by atoms with Crippen LogP contribution in [0.25, 0.3) is 0 Å². The van der Waals surface area contributed by atoms with Crippen molar-refractivity contribution in [1.82, 2.24) is 10.6 Å². The number of benzene rings is 2. The molecule has 0 aliphatic carbocycles. The molecule has 0 saturated heterocycles. The molecule has 25 heavy (non-hydrogen) atoms. The molecule has 2 aromatic carbocycles. The number of aliphatic imine (C=N–C) groups is 1. The fraction of sp³-hybridized carbons (Fsp3) is 0.316. The lowest BCUT2D eigenvalue weighted by molar-refractivity contribution is 0.0617. The Kier molecular flexibility index (Phi) is 8.85. The van der Waals surface area contributed by atoms with Crippen LogP contribution in [0.3, 0.4) is 0 Å². The van der Waals surface area contributed by atoms with Crippen LogP contribution in [-0.2, 0) is 12.1 Å². The van der Waals surface area contributed by atoms with Gasteiger partial charge in [0.2, 0.25) is 0 Å². The number of halogens is 2. The van der Waals surface area contributed by atoms with E-state index in [0.29, 0.717) is 25.6 Å². The quantitative estimate of drug-likeness (QED) is 0.354. The van der Waals surface area contributed by atoms with Crippen LogP contribution in [0.2, 0.25) is 0 Å². The Labute approximate surface area is 165 Å². The average Bonchev–Trinajstić information content (AvgIpc) is 2.59. The molecule has 6 heteroatoms. The normalized spacial score (nSPS) is 13.5. The molecule has 0 aliphatic rings. The molecular formula is C19H25FIN3O. The molecule has 0 aromatic heterocycles. The zero-order chi connectivity index (χ0) is 17.4. The Balaban J connectivity index is 0.00000312. The van der Waals surface area contributed by atoms with Crippen molar-refractivity contribution in [2.45, 2.75) is 26.0 Å². The standard InChI is InChI=1S/C19H24FN3O.HI/c1-3-21-18(22-13-15-9-11-17(20)12-10-15)23-14-19(2,24)16-7-5-4-6-8-16;/h4-12,24H,3,13-14H2,1-2H3,(H2,21,22,23);1H. The first-order valence-electron chi connectivity index (χ1n) is 8.06. The van der Waals surface area contributed by atoms with Crippen LogP contribution >= 0.6 is 24.0 Å². The van der Waals surface area contributed by atoms with Crippen LogP contribution in [0.1, 0.15) is 25.0 Å². The first kappa shape index (κ1) is 21.4. The van der Waals surface area contributed by atoms with Gasteiger partial charge in [0.15, 0.2) is 5.96 Å². The van der Waals surface area contributed by atoms with Gasteiger partial charge in [-0.05, 0) is 37.1 Å². The second-order valence-corrected chi connectivity index (χ2v) is 5.82. The van der Waals surface area contributed by atoms with E-state index >= 15 is 0 Å². The minimum Gasteiger partial charge on any atom is -0.384 e. The highest BCUT2D eigenvalue weighted by molar-refractivity contribution is 14.0. The summed E-state index contributed by atoms with van der Waals surface area (Å²) in [7, 11) is 0. The molecule has 0 spiro atoms. The number of hydrogen-bond donors (Lipinski definition) is 3. The van der Waals surface area contributed by atoms with Crippen LogP contribution in [0, 0.1) is 5.82 Å². The minimum atomic E-state index is -1.01. The summed E-state index contributed by atoms with van der Waals surface area (Å²) < 4.78 is 12.9. The molecule has 4 nitrogen and oxygen atoms in total. The van der Waals surface area contributed by atoms with Gasteiger partial charge in [-0.15, -0.1) is 24.0 Å². The molecule has 1 atom stereocenters. The maximum absolute atomic E-state index is 12.9. The Morgan fingerprint density at radius 2 is 1.72 bits per heavy atom. The number of nitrogens with zero attached hydrogens (tertiary/aromatic N) is 1. The summed E-state index contributed by atoms with van der Waals surface area (Å²) >= 11 is 0. The van der Waals surface area contributed by atoms with Gasteiger partial charge in [-0.2, -0.15) is 0 Å². The smallest absolute Gasteiger partial charge is 0.191 e. The lowest BCUT2D eigenvalue weighted by Crippen LogP contribution is -2.44. The molecule has 0 bridgehead atoms. The predicted octanol–water partition coefficient (Wildman–Crippen LogP) is 3.41. The second-order valence-electron chi connectivity index (χ2n) is 5.82. The largest absolute Gasteiger partial charge is 0.384 e. The number of guanidine groups is 1. The Morgan fingerprint density at radius 3 is 2.32 bits per heavy atom. The maximum Gasteiger partial charge on any atom is 0.191 e. The molecule has 0 heterocycles. The summed E-state index contributed by atoms with van der Waals surface area (Å²) in [5.41, 5.74) is 0.753. The lowest BCUT2D eigenvalue weighted by Gasteiger charge is -2.25. The third-order valence-electron chi connectivity index (χ3n) is 3.67. The van der Waals surface area contributed by atoms with Crippen LogP contribution < -0.4 is 10.6 Å². The van der Waals surface area contributed by atoms with Crippen molar-refractivity contribution in [3.63, 3.8) is 0 Å². The van der Waals surface area contributed by atoms with Gasteiger partial charge in [0, 0.05) is 6.54 Å². The predicted molar refractivity (Wildman–Crippen MR) is 111 cm³/mol. The van der Waals surface area contributed by atoms with E-state index in [0.717, 1.165) is 11.1 Å². The van der Waals surface area contributed by atoms with E-state index in [9.17, 15) is 9.50 Å². The highest BCUT2D eigenvalue weighted by atomic mass is 127. The number of rotatable bonds is 6. The van der Waals surface area contributed by atoms with E-state index in [2.05, 4.69) is 15.6 Å². The van der Waals surface area contributed by atoms with Crippen LogP contribution in [0.5, 0.6) is 0 Å². The molecule has 0 radical (unpaired) electrons. The SMILES string of the molecule is CCNC(=NCc1ccc(F)cc1)NCC(C)(O)c1ccccc1.I. The Hall–Kier alpha value is -1.67. The molecule has 0 amide bonds. The fourth-order valence-corrected chi connectivity index (χ4v) is 2.26. The summed E-state index contributed by atoms with van der Waals surface area (Å²) in [6, 6.07) is 15.8. The molecule has 2 aromatic rings. The van der Waals surface area contributed by atoms with Gasteiger partial charge in [-0.1, -0.05) is 42.5 Å². The number of hydrogen-bond acceptors (Lipinski definition) is 2. The van der Waals surface area contributed by atoms with Gasteiger partial charge in [0.05, 0.1) is 13.1 Å². The van der Waals surface area contributed by atoms with Gasteiger partial charge in [0.1, 0.15) is 11.4 Å². The monoisotopic (exact) mass is 457 g/mol. The molecule has 136 valence electrons. The van der Waals surface area contributed by atoms with Gasteiger partial charge < -0.3 is 15.7 Å². The summed E-state index contributed by atoms with van der Waals surface area (Å²) in [4.78, 5) is 4.47. The summed E-state index contributed by atoms with van der Waals surface area (Å²) in [5.74, 6) is 0.352. The van der Waals surface area contributed by atoms with E-state index in [1.807, 2.05) is 37.3 Å². The highest BCUT2D eigenvalue weighted by Gasteiger charge is 2.22. The first-order chi connectivity index (χ1) is 11.5. The highest BCUT2D eigenvalue weighted by Crippen LogP contribution is 2.18. The van der Waals surface area contributed by atoms with Crippen molar-refractivity contribution >= 4 is 29.9 Å². The zero-order valence-electron chi connectivity index (χ0n) is 14.5. The second kappa shape index (κ2) is 10.4. The fourth-order valence-electron chi connectivity index (χ4n) is 2.26. The number of nitrogens with one attached hydrogen (secondary N) is 2. The Morgan fingerprint density at radius 1 is 1.08 bits per heavy atom. The van der Waals surface area contributed by atoms with Crippen LogP contribution in [0.4, 0.5) is 4.39 Å².